The maximum Gasteiger partial charge on any atom is 0.272 e. The molecule has 0 atom stereocenters. The van der Waals surface area contributed by atoms with E-state index in [0.717, 1.165) is 17.0 Å². The smallest absolute Gasteiger partial charge is 0.272 e. The molecule has 1 aliphatic carbocycles. The molecule has 1 aliphatic rings. The first-order valence-corrected chi connectivity index (χ1v) is 9.77. The Kier molecular flexibility index (Phi) is 6.65. The molecule has 1 fully saturated rings. The Labute approximate surface area is 155 Å². The number of benzene rings is 2. The average Bonchev–Trinajstić information content (AvgIpc) is 2.68. The lowest BCUT2D eigenvalue weighted by Gasteiger charge is -2.28. The molecule has 0 aromatic heterocycles. The van der Waals surface area contributed by atoms with E-state index in [2.05, 4.69) is 31.2 Å². The Morgan fingerprint density at radius 1 is 0.885 bits per heavy atom. The third kappa shape index (κ3) is 5.06. The van der Waals surface area contributed by atoms with Crippen LogP contribution in [-0.4, -0.2) is 13.0 Å². The second-order valence-electron chi connectivity index (χ2n) is 7.35. The molecule has 3 heteroatoms. The lowest BCUT2D eigenvalue weighted by Crippen LogP contribution is -2.13. The molecule has 0 heterocycles. The van der Waals surface area contributed by atoms with Crippen LogP contribution in [-0.2, 0) is 0 Å². The van der Waals surface area contributed by atoms with E-state index >= 15 is 0 Å². The van der Waals surface area contributed by atoms with Gasteiger partial charge in [-0.3, -0.25) is 0 Å². The molecule has 3 rings (SSSR count). The summed E-state index contributed by atoms with van der Waals surface area (Å²) in [4.78, 5) is 0. The van der Waals surface area contributed by atoms with Crippen molar-refractivity contribution >= 4 is 0 Å². The molecule has 0 bridgehead atoms. The number of hydrogen-bond donors (Lipinski definition) is 0. The van der Waals surface area contributed by atoms with Crippen LogP contribution in [0.25, 0.3) is 11.1 Å². The summed E-state index contributed by atoms with van der Waals surface area (Å²) < 4.78 is 29.4. The minimum atomic E-state index is -2.45. The Balaban J connectivity index is 1.59. The maximum atomic E-state index is 12.2. The molecule has 2 aromatic carbocycles. The van der Waals surface area contributed by atoms with E-state index in [-0.39, 0.29) is 0 Å². The van der Waals surface area contributed by atoms with Crippen molar-refractivity contribution in [1.82, 2.24) is 0 Å². The zero-order valence-electron chi connectivity index (χ0n) is 15.5. The number of hydrogen-bond acceptors (Lipinski definition) is 1. The van der Waals surface area contributed by atoms with Gasteiger partial charge in [0.1, 0.15) is 12.4 Å². The maximum absolute atomic E-state index is 12.2. The fourth-order valence-electron chi connectivity index (χ4n) is 4.04. The molecule has 0 spiro atoms. The lowest BCUT2D eigenvalue weighted by molar-refractivity contribution is 0.0819. The van der Waals surface area contributed by atoms with Crippen LogP contribution in [0.5, 0.6) is 5.75 Å². The topological polar surface area (TPSA) is 9.23 Å². The van der Waals surface area contributed by atoms with Crippen molar-refractivity contribution in [3.63, 3.8) is 0 Å². The van der Waals surface area contributed by atoms with Crippen molar-refractivity contribution in [3.8, 4) is 16.9 Å². The van der Waals surface area contributed by atoms with E-state index < -0.39 is 13.0 Å². The zero-order valence-corrected chi connectivity index (χ0v) is 15.5. The van der Waals surface area contributed by atoms with Crippen LogP contribution in [0, 0.1) is 5.92 Å². The van der Waals surface area contributed by atoms with Gasteiger partial charge in [0.15, 0.2) is 0 Å². The van der Waals surface area contributed by atoms with Gasteiger partial charge in [0.2, 0.25) is 0 Å². The van der Waals surface area contributed by atoms with Gasteiger partial charge in [-0.15, -0.1) is 0 Å². The van der Waals surface area contributed by atoms with E-state index in [1.54, 1.807) is 12.1 Å². The fourth-order valence-corrected chi connectivity index (χ4v) is 4.04. The molecule has 0 amide bonds. The molecule has 140 valence electrons. The number of ether oxygens (including phenoxy) is 1. The molecule has 0 saturated heterocycles. The molecule has 1 nitrogen and oxygen atoms in total. The van der Waals surface area contributed by atoms with Crippen molar-refractivity contribution in [2.75, 3.05) is 6.61 Å². The van der Waals surface area contributed by atoms with Gasteiger partial charge in [-0.25, -0.2) is 8.78 Å². The molecule has 0 radical (unpaired) electrons. The quantitative estimate of drug-likeness (QED) is 0.514. The van der Waals surface area contributed by atoms with Crippen LogP contribution >= 0.6 is 0 Å². The van der Waals surface area contributed by atoms with Crippen molar-refractivity contribution in [3.05, 3.63) is 54.1 Å². The van der Waals surface area contributed by atoms with Crippen LogP contribution < -0.4 is 4.74 Å². The number of alkyl halides is 2. The summed E-state index contributed by atoms with van der Waals surface area (Å²) in [5, 5.41) is 0. The van der Waals surface area contributed by atoms with E-state index in [1.165, 1.54) is 44.1 Å². The first-order valence-electron chi connectivity index (χ1n) is 9.77. The highest BCUT2D eigenvalue weighted by Crippen LogP contribution is 2.38. The van der Waals surface area contributed by atoms with Crippen LogP contribution in [0.2, 0.25) is 0 Å². The van der Waals surface area contributed by atoms with Crippen LogP contribution in [0.15, 0.2) is 48.5 Å². The van der Waals surface area contributed by atoms with Crippen molar-refractivity contribution < 1.29 is 13.5 Å². The van der Waals surface area contributed by atoms with Gasteiger partial charge in [0, 0.05) is 0 Å². The first-order chi connectivity index (χ1) is 12.7. The highest BCUT2D eigenvalue weighted by atomic mass is 19.3. The highest BCUT2D eigenvalue weighted by Gasteiger charge is 2.21. The minimum Gasteiger partial charge on any atom is -0.488 e. The molecule has 0 aliphatic heterocycles. The molecule has 1 saturated carbocycles. The van der Waals surface area contributed by atoms with E-state index in [1.807, 2.05) is 12.1 Å². The van der Waals surface area contributed by atoms with Crippen LogP contribution in [0.4, 0.5) is 8.78 Å². The van der Waals surface area contributed by atoms with Gasteiger partial charge in [-0.1, -0.05) is 56.2 Å². The van der Waals surface area contributed by atoms with Crippen LogP contribution in [0.1, 0.15) is 56.9 Å². The van der Waals surface area contributed by atoms with Gasteiger partial charge < -0.3 is 4.74 Å². The fraction of sp³-hybridized carbons (Fsp3) is 0.478. The molecule has 0 unspecified atom stereocenters. The molecule has 2 aromatic rings. The van der Waals surface area contributed by atoms with Gasteiger partial charge in [0.25, 0.3) is 6.43 Å². The van der Waals surface area contributed by atoms with E-state index in [9.17, 15) is 8.78 Å². The first kappa shape index (κ1) is 18.9. The molecule has 26 heavy (non-hydrogen) atoms. The Morgan fingerprint density at radius 2 is 1.46 bits per heavy atom. The predicted octanol–water partition coefficient (Wildman–Crippen LogP) is 7.07. The lowest BCUT2D eigenvalue weighted by atomic mass is 9.77. The second kappa shape index (κ2) is 9.16. The van der Waals surface area contributed by atoms with E-state index in [0.29, 0.717) is 11.7 Å². The predicted molar refractivity (Wildman–Crippen MR) is 103 cm³/mol. The van der Waals surface area contributed by atoms with Gasteiger partial charge >= 0.3 is 0 Å². The van der Waals surface area contributed by atoms with Gasteiger partial charge in [-0.05, 0) is 66.3 Å². The Morgan fingerprint density at radius 3 is 2.00 bits per heavy atom. The van der Waals surface area contributed by atoms with Gasteiger partial charge in [-0.2, -0.15) is 0 Å². The Hall–Kier alpha value is -1.90. The normalized spacial score (nSPS) is 20.3. The summed E-state index contributed by atoms with van der Waals surface area (Å²) in [5.41, 5.74) is 3.67. The minimum absolute atomic E-state index is 0.481. The zero-order chi connectivity index (χ0) is 18.4. The monoisotopic (exact) mass is 358 g/mol. The molecule has 0 N–H and O–H groups in total. The summed E-state index contributed by atoms with van der Waals surface area (Å²) in [7, 11) is 0. The highest BCUT2D eigenvalue weighted by molar-refractivity contribution is 5.64. The van der Waals surface area contributed by atoms with Crippen molar-refractivity contribution in [2.45, 2.75) is 57.8 Å². The second-order valence-corrected chi connectivity index (χ2v) is 7.35. The summed E-state index contributed by atoms with van der Waals surface area (Å²) in [6.07, 6.45) is 5.57. The average molecular weight is 358 g/mol. The van der Waals surface area contributed by atoms with E-state index in [4.69, 9.17) is 4.74 Å². The molecular formula is C23H28F2O. The summed E-state index contributed by atoms with van der Waals surface area (Å²) in [6, 6.07) is 16.2. The third-order valence-electron chi connectivity index (χ3n) is 5.49. The largest absolute Gasteiger partial charge is 0.488 e. The third-order valence-corrected chi connectivity index (χ3v) is 5.49. The van der Waals surface area contributed by atoms with Gasteiger partial charge in [0.05, 0.1) is 0 Å². The SMILES string of the molecule is CCC[C@H]1CC[C@H](c2ccc(-c3ccc(OCC(F)F)cc3)cc2)CC1. The number of rotatable bonds is 7. The number of halogens is 2. The summed E-state index contributed by atoms with van der Waals surface area (Å²) >= 11 is 0. The van der Waals surface area contributed by atoms with Crippen molar-refractivity contribution in [2.24, 2.45) is 5.92 Å². The standard InChI is InChI=1S/C23H28F2O/c1-2-3-17-4-6-18(7-5-17)19-8-10-20(11-9-19)21-12-14-22(15-13-21)26-16-23(24)25/h8-15,17-18,23H,2-7,16H2,1H3/t17-,18-. The van der Waals surface area contributed by atoms with Crippen LogP contribution in [0.3, 0.4) is 0 Å². The molecular weight excluding hydrogens is 330 g/mol. The Bertz CT molecular complexity index is 656. The summed E-state index contributed by atoms with van der Waals surface area (Å²) in [5.74, 6) is 2.11. The summed E-state index contributed by atoms with van der Waals surface area (Å²) in [6.45, 7) is 1.72. The van der Waals surface area contributed by atoms with Crippen molar-refractivity contribution in [1.29, 1.82) is 0 Å².